The molecule has 0 aliphatic carbocycles. The van der Waals surface area contributed by atoms with Crippen LogP contribution < -0.4 is 0 Å². The van der Waals surface area contributed by atoms with Gasteiger partial charge in [0.05, 0.1) is 12.2 Å². The van der Waals surface area contributed by atoms with Crippen molar-refractivity contribution in [3.05, 3.63) is 17.5 Å². The molecule has 1 aromatic rings. The molecule has 0 bridgehead atoms. The van der Waals surface area contributed by atoms with E-state index in [-0.39, 0.29) is 43.6 Å². The lowest BCUT2D eigenvalue weighted by Gasteiger charge is -2.22. The number of sulfonamides is 1. The Balaban J connectivity index is 2.05. The summed E-state index contributed by atoms with van der Waals surface area (Å²) in [7, 11) is -3.65. The van der Waals surface area contributed by atoms with Gasteiger partial charge in [0.1, 0.15) is 5.75 Å². The van der Waals surface area contributed by atoms with Crippen LogP contribution in [-0.2, 0) is 15.8 Å². The van der Waals surface area contributed by atoms with Crippen molar-refractivity contribution in [3.63, 3.8) is 0 Å². The summed E-state index contributed by atoms with van der Waals surface area (Å²) < 4.78 is 68.7. The summed E-state index contributed by atoms with van der Waals surface area (Å²) >= 11 is 0. The molecule has 1 saturated heterocycles. The fourth-order valence-electron chi connectivity index (χ4n) is 2.69. The molecule has 1 atom stereocenters. The third-order valence-electron chi connectivity index (χ3n) is 3.55. The Labute approximate surface area is 133 Å². The Morgan fingerprint density at radius 1 is 1.35 bits per heavy atom. The highest BCUT2D eigenvalue weighted by Gasteiger charge is 2.35. The molecule has 0 amide bonds. The molecule has 10 heteroatoms. The number of alkyl halides is 3. The molecule has 1 unspecified atom stereocenters. The fraction of sp³-hybridized carbons (Fsp3) is 0.769. The van der Waals surface area contributed by atoms with Gasteiger partial charge in [-0.1, -0.05) is 12.1 Å². The topological polar surface area (TPSA) is 66.7 Å². The maximum atomic E-state index is 12.5. The van der Waals surface area contributed by atoms with E-state index in [0.29, 0.717) is 5.69 Å². The molecule has 1 aliphatic heterocycles. The van der Waals surface area contributed by atoms with E-state index in [4.69, 9.17) is 4.52 Å². The van der Waals surface area contributed by atoms with E-state index in [9.17, 15) is 21.6 Å². The van der Waals surface area contributed by atoms with Gasteiger partial charge >= 0.3 is 6.18 Å². The smallest absolute Gasteiger partial charge is 0.360 e. The minimum absolute atomic E-state index is 0.0376. The largest absolute Gasteiger partial charge is 0.401 e. The minimum Gasteiger partial charge on any atom is -0.360 e. The number of nitrogens with zero attached hydrogens (tertiary/aromatic N) is 3. The third kappa shape index (κ3) is 5.47. The van der Waals surface area contributed by atoms with E-state index in [0.717, 1.165) is 0 Å². The van der Waals surface area contributed by atoms with Crippen LogP contribution in [0.1, 0.15) is 18.4 Å². The monoisotopic (exact) mass is 355 g/mol. The molecule has 0 saturated carbocycles. The molecule has 0 aromatic carbocycles. The van der Waals surface area contributed by atoms with Gasteiger partial charge in [0.15, 0.2) is 5.76 Å². The van der Waals surface area contributed by atoms with Gasteiger partial charge in [-0.2, -0.15) is 17.5 Å². The van der Waals surface area contributed by atoms with E-state index in [1.165, 1.54) is 15.3 Å². The molecule has 132 valence electrons. The summed E-state index contributed by atoms with van der Waals surface area (Å²) in [4.78, 5) is 1.25. The summed E-state index contributed by atoms with van der Waals surface area (Å²) in [6.45, 7) is 2.91. The predicted octanol–water partition coefficient (Wildman–Crippen LogP) is 1.63. The van der Waals surface area contributed by atoms with Crippen LogP contribution in [0.25, 0.3) is 0 Å². The van der Waals surface area contributed by atoms with Crippen LogP contribution in [0.2, 0.25) is 0 Å². The van der Waals surface area contributed by atoms with Crippen LogP contribution in [0, 0.1) is 12.8 Å². The summed E-state index contributed by atoms with van der Waals surface area (Å²) in [6.07, 6.45) is -4.29. The second kappa shape index (κ2) is 6.78. The standard InChI is InChI=1S/C13H20F3N3O3S/c1-10-6-18(9-13(14,15)16)3-4-19(7-10)23(20,21)8-12-5-11(2)17-22-12/h5,10H,3-4,6-9H2,1-2H3. The maximum Gasteiger partial charge on any atom is 0.401 e. The van der Waals surface area contributed by atoms with E-state index >= 15 is 0 Å². The fourth-order valence-corrected chi connectivity index (χ4v) is 4.21. The molecule has 1 aliphatic rings. The molecule has 6 nitrogen and oxygen atoms in total. The highest BCUT2D eigenvalue weighted by atomic mass is 32.2. The van der Waals surface area contributed by atoms with Gasteiger partial charge in [0.2, 0.25) is 10.0 Å². The van der Waals surface area contributed by atoms with Crippen molar-refractivity contribution >= 4 is 10.0 Å². The number of hydrogen-bond donors (Lipinski definition) is 0. The van der Waals surface area contributed by atoms with Crippen LogP contribution in [0.3, 0.4) is 0 Å². The van der Waals surface area contributed by atoms with Gasteiger partial charge in [0.25, 0.3) is 0 Å². The Morgan fingerprint density at radius 3 is 2.61 bits per heavy atom. The molecular weight excluding hydrogens is 335 g/mol. The van der Waals surface area contributed by atoms with Crippen molar-refractivity contribution in [2.75, 3.05) is 32.7 Å². The number of aryl methyl sites for hydroxylation is 1. The summed E-state index contributed by atoms with van der Waals surface area (Å²) in [6, 6.07) is 1.54. The molecule has 1 fully saturated rings. The van der Waals surface area contributed by atoms with Crippen molar-refractivity contribution in [2.45, 2.75) is 25.8 Å². The molecule has 2 rings (SSSR count). The molecule has 2 heterocycles. The van der Waals surface area contributed by atoms with Crippen molar-refractivity contribution < 1.29 is 26.1 Å². The highest BCUT2D eigenvalue weighted by Crippen LogP contribution is 2.21. The first-order valence-electron chi connectivity index (χ1n) is 7.24. The Hall–Kier alpha value is -1.13. The lowest BCUT2D eigenvalue weighted by Crippen LogP contribution is -2.38. The summed E-state index contributed by atoms with van der Waals surface area (Å²) in [5.74, 6) is -0.294. The van der Waals surface area contributed by atoms with Gasteiger partial charge in [-0.25, -0.2) is 8.42 Å². The van der Waals surface area contributed by atoms with Crippen LogP contribution in [0.15, 0.2) is 10.6 Å². The zero-order chi connectivity index (χ0) is 17.3. The molecule has 1 aromatic heterocycles. The molecule has 0 spiro atoms. The van der Waals surface area contributed by atoms with Crippen LogP contribution in [0.4, 0.5) is 13.2 Å². The molecule has 0 radical (unpaired) electrons. The van der Waals surface area contributed by atoms with Crippen LogP contribution in [-0.4, -0.2) is 61.7 Å². The van der Waals surface area contributed by atoms with E-state index in [1.54, 1.807) is 13.8 Å². The van der Waals surface area contributed by atoms with Gasteiger partial charge in [-0.3, -0.25) is 4.90 Å². The van der Waals surface area contributed by atoms with Crippen molar-refractivity contribution in [3.8, 4) is 0 Å². The lowest BCUT2D eigenvalue weighted by molar-refractivity contribution is -0.146. The Kier molecular flexibility index (Phi) is 5.37. The predicted molar refractivity (Wildman–Crippen MR) is 77.1 cm³/mol. The number of hydrogen-bond acceptors (Lipinski definition) is 5. The number of aromatic nitrogens is 1. The van der Waals surface area contributed by atoms with E-state index in [2.05, 4.69) is 5.16 Å². The number of halogens is 3. The normalized spacial score (nSPS) is 22.2. The molecule has 23 heavy (non-hydrogen) atoms. The summed E-state index contributed by atoms with van der Waals surface area (Å²) in [5, 5.41) is 3.64. The van der Waals surface area contributed by atoms with Crippen LogP contribution >= 0.6 is 0 Å². The minimum atomic E-state index is -4.29. The SMILES string of the molecule is Cc1cc(CS(=O)(=O)N2CCN(CC(F)(F)F)CC(C)C2)on1. The lowest BCUT2D eigenvalue weighted by atomic mass is 10.2. The average Bonchev–Trinajstić information content (AvgIpc) is 2.66. The summed E-state index contributed by atoms with van der Waals surface area (Å²) in [5.41, 5.74) is 0.579. The molecular formula is C13H20F3N3O3S. The first kappa shape index (κ1) is 18.2. The second-order valence-electron chi connectivity index (χ2n) is 6.00. The second-order valence-corrected chi connectivity index (χ2v) is 7.97. The molecule has 0 N–H and O–H groups in total. The van der Waals surface area contributed by atoms with Crippen molar-refractivity contribution in [1.29, 1.82) is 0 Å². The van der Waals surface area contributed by atoms with E-state index in [1.807, 2.05) is 0 Å². The average molecular weight is 355 g/mol. The van der Waals surface area contributed by atoms with Gasteiger partial charge in [0, 0.05) is 32.2 Å². The van der Waals surface area contributed by atoms with Gasteiger partial charge in [-0.05, 0) is 12.8 Å². The third-order valence-corrected chi connectivity index (χ3v) is 5.32. The number of rotatable bonds is 4. The van der Waals surface area contributed by atoms with Crippen LogP contribution in [0.5, 0.6) is 0 Å². The quantitative estimate of drug-likeness (QED) is 0.821. The van der Waals surface area contributed by atoms with Gasteiger partial charge in [-0.15, -0.1) is 0 Å². The Bertz CT molecular complexity index is 630. The van der Waals surface area contributed by atoms with Crippen molar-refractivity contribution in [2.24, 2.45) is 5.92 Å². The zero-order valence-electron chi connectivity index (χ0n) is 13.0. The van der Waals surface area contributed by atoms with Crippen molar-refractivity contribution in [1.82, 2.24) is 14.4 Å². The van der Waals surface area contributed by atoms with Gasteiger partial charge < -0.3 is 4.52 Å². The van der Waals surface area contributed by atoms with E-state index < -0.39 is 22.7 Å². The maximum absolute atomic E-state index is 12.5. The zero-order valence-corrected chi connectivity index (χ0v) is 13.8. The highest BCUT2D eigenvalue weighted by molar-refractivity contribution is 7.88. The Morgan fingerprint density at radius 2 is 2.04 bits per heavy atom. The first-order valence-corrected chi connectivity index (χ1v) is 8.85. The first-order chi connectivity index (χ1) is 10.5.